The molecule has 0 bridgehead atoms. The van der Waals surface area contributed by atoms with Crippen LogP contribution in [0.2, 0.25) is 0 Å². The van der Waals surface area contributed by atoms with Gasteiger partial charge in [0.05, 0.1) is 17.9 Å². The van der Waals surface area contributed by atoms with Gasteiger partial charge in [0, 0.05) is 0 Å². The smallest absolute Gasteiger partial charge is 0.309 e. The third-order valence-electron chi connectivity index (χ3n) is 4.30. The predicted octanol–water partition coefficient (Wildman–Crippen LogP) is 5.05. The fraction of sp³-hybridized carbons (Fsp3) is 0.889. The van der Waals surface area contributed by atoms with Gasteiger partial charge in [-0.3, -0.25) is 9.59 Å². The predicted molar refractivity (Wildman–Crippen MR) is 90.9 cm³/mol. The number of ether oxygens (including phenoxy) is 1. The lowest BCUT2D eigenvalue weighted by molar-refractivity contribution is -0.150. The highest BCUT2D eigenvalue weighted by molar-refractivity contribution is 5.74. The number of aliphatic carboxylic acids is 1. The van der Waals surface area contributed by atoms with Crippen molar-refractivity contribution in [2.24, 2.45) is 11.3 Å². The molecule has 0 aliphatic carbocycles. The van der Waals surface area contributed by atoms with Crippen molar-refractivity contribution in [1.29, 1.82) is 0 Å². The molecule has 0 aliphatic rings. The highest BCUT2D eigenvalue weighted by Gasteiger charge is 2.33. The van der Waals surface area contributed by atoms with Gasteiger partial charge in [-0.25, -0.2) is 0 Å². The van der Waals surface area contributed by atoms with Crippen LogP contribution in [0.3, 0.4) is 0 Å². The van der Waals surface area contributed by atoms with Crippen molar-refractivity contribution in [2.45, 2.75) is 86.5 Å². The lowest BCUT2D eigenvalue weighted by atomic mass is 9.78. The molecule has 0 aliphatic heterocycles. The van der Waals surface area contributed by atoms with E-state index < -0.39 is 11.4 Å². The monoisotopic (exact) mass is 316 g/mol. The summed E-state index contributed by atoms with van der Waals surface area (Å²) in [6.45, 7) is 12.5. The Hall–Kier alpha value is -1.06. The minimum Gasteiger partial charge on any atom is -0.481 e. The summed E-state index contributed by atoms with van der Waals surface area (Å²) in [4.78, 5) is 22.0. The van der Waals surface area contributed by atoms with E-state index in [-0.39, 0.29) is 11.9 Å². The minimum absolute atomic E-state index is 0.0307. The summed E-state index contributed by atoms with van der Waals surface area (Å²) in [5.74, 6) is -0.553. The second-order valence-corrected chi connectivity index (χ2v) is 5.72. The zero-order chi connectivity index (χ0) is 17.6. The molecule has 0 spiro atoms. The summed E-state index contributed by atoms with van der Waals surface area (Å²) in [6, 6.07) is 0. The molecule has 0 unspecified atom stereocenters. The number of carbonyl (C=O) groups excluding carboxylic acids is 1. The average Bonchev–Trinajstić information content (AvgIpc) is 2.52. The van der Waals surface area contributed by atoms with E-state index in [2.05, 4.69) is 0 Å². The first-order valence-corrected chi connectivity index (χ1v) is 8.78. The third kappa shape index (κ3) is 8.40. The van der Waals surface area contributed by atoms with Gasteiger partial charge in [0.25, 0.3) is 0 Å². The molecule has 0 fully saturated rings. The van der Waals surface area contributed by atoms with Gasteiger partial charge in [0.15, 0.2) is 0 Å². The van der Waals surface area contributed by atoms with Crippen LogP contribution in [0.5, 0.6) is 0 Å². The van der Waals surface area contributed by atoms with Gasteiger partial charge >= 0.3 is 11.9 Å². The number of carboxylic acid groups (broad SMARTS) is 1. The Morgan fingerprint density at radius 3 is 1.68 bits per heavy atom. The maximum atomic E-state index is 11.1. The molecule has 0 aromatic heterocycles. The van der Waals surface area contributed by atoms with Gasteiger partial charge in [-0.1, -0.05) is 48.0 Å². The van der Waals surface area contributed by atoms with Crippen LogP contribution in [0.15, 0.2) is 0 Å². The molecule has 4 nitrogen and oxygen atoms in total. The molecule has 4 heteroatoms. The Morgan fingerprint density at radius 2 is 1.45 bits per heavy atom. The maximum Gasteiger partial charge on any atom is 0.309 e. The Morgan fingerprint density at radius 1 is 0.955 bits per heavy atom. The zero-order valence-corrected chi connectivity index (χ0v) is 15.4. The topological polar surface area (TPSA) is 63.6 Å². The standard InChI is InChI=1S/2C9H18O2/c1-4-7-9(5-2,6-3)8(10)11;1-4-7-11-9(10)8(5-2)6-3/h4-7H2,1-3H3,(H,10,11);8H,4-7H2,1-3H3. The zero-order valence-electron chi connectivity index (χ0n) is 15.4. The number of carboxylic acids is 1. The van der Waals surface area contributed by atoms with Crippen molar-refractivity contribution < 1.29 is 19.4 Å². The van der Waals surface area contributed by atoms with Gasteiger partial charge in [0.1, 0.15) is 0 Å². The van der Waals surface area contributed by atoms with E-state index in [1.54, 1.807) is 0 Å². The van der Waals surface area contributed by atoms with Crippen LogP contribution in [0, 0.1) is 11.3 Å². The van der Waals surface area contributed by atoms with Crippen LogP contribution >= 0.6 is 0 Å². The maximum absolute atomic E-state index is 11.1. The second kappa shape index (κ2) is 13.6. The first-order valence-electron chi connectivity index (χ1n) is 8.78. The SMILES string of the molecule is CCCC(CC)(CC)C(=O)O.CCCOC(=O)C(CC)CC. The fourth-order valence-electron chi connectivity index (χ4n) is 2.43. The van der Waals surface area contributed by atoms with Crippen LogP contribution in [-0.2, 0) is 14.3 Å². The van der Waals surface area contributed by atoms with Gasteiger partial charge in [0.2, 0.25) is 0 Å². The molecule has 0 amide bonds. The van der Waals surface area contributed by atoms with Crippen LogP contribution in [-0.4, -0.2) is 23.7 Å². The van der Waals surface area contributed by atoms with Crippen LogP contribution in [0.1, 0.15) is 86.5 Å². The Kier molecular flexibility index (Phi) is 14.3. The lowest BCUT2D eigenvalue weighted by Crippen LogP contribution is -2.29. The lowest BCUT2D eigenvalue weighted by Gasteiger charge is -2.25. The molecule has 22 heavy (non-hydrogen) atoms. The number of carbonyl (C=O) groups is 2. The molecular weight excluding hydrogens is 280 g/mol. The molecule has 0 saturated carbocycles. The van der Waals surface area contributed by atoms with E-state index in [9.17, 15) is 9.59 Å². The number of hydrogen-bond donors (Lipinski definition) is 1. The van der Waals surface area contributed by atoms with E-state index in [4.69, 9.17) is 9.84 Å². The van der Waals surface area contributed by atoms with E-state index in [0.29, 0.717) is 6.61 Å². The van der Waals surface area contributed by atoms with Crippen molar-refractivity contribution in [2.75, 3.05) is 6.61 Å². The molecule has 0 aromatic rings. The van der Waals surface area contributed by atoms with Crippen LogP contribution in [0.25, 0.3) is 0 Å². The number of hydrogen-bond acceptors (Lipinski definition) is 3. The first kappa shape index (κ1) is 23.2. The number of rotatable bonds is 10. The largest absolute Gasteiger partial charge is 0.481 e. The van der Waals surface area contributed by atoms with Crippen molar-refractivity contribution in [3.63, 3.8) is 0 Å². The molecule has 0 atom stereocenters. The Bertz CT molecular complexity index is 289. The molecule has 1 N–H and O–H groups in total. The normalized spacial score (nSPS) is 10.9. The van der Waals surface area contributed by atoms with Gasteiger partial charge in [-0.05, 0) is 38.5 Å². The molecule has 0 saturated heterocycles. The molecule has 132 valence electrons. The molecule has 0 aromatic carbocycles. The molecular formula is C18H36O4. The Labute approximate surface area is 136 Å². The van der Waals surface area contributed by atoms with Crippen molar-refractivity contribution in [3.05, 3.63) is 0 Å². The minimum atomic E-state index is -0.635. The summed E-state index contributed by atoms with van der Waals surface area (Å²) in [6.07, 6.45) is 5.92. The van der Waals surface area contributed by atoms with E-state index >= 15 is 0 Å². The van der Waals surface area contributed by atoms with Crippen molar-refractivity contribution >= 4 is 11.9 Å². The van der Waals surface area contributed by atoms with Crippen molar-refractivity contribution in [3.8, 4) is 0 Å². The summed E-state index contributed by atoms with van der Waals surface area (Å²) in [5.41, 5.74) is -0.450. The second-order valence-electron chi connectivity index (χ2n) is 5.72. The number of esters is 1. The summed E-state index contributed by atoms with van der Waals surface area (Å²) < 4.78 is 5.00. The summed E-state index contributed by atoms with van der Waals surface area (Å²) in [5, 5.41) is 8.95. The quantitative estimate of drug-likeness (QED) is 0.573. The highest BCUT2D eigenvalue weighted by Crippen LogP contribution is 2.31. The first-order chi connectivity index (χ1) is 10.4. The van der Waals surface area contributed by atoms with Crippen molar-refractivity contribution in [1.82, 2.24) is 0 Å². The van der Waals surface area contributed by atoms with Gasteiger partial charge in [-0.15, -0.1) is 0 Å². The summed E-state index contributed by atoms with van der Waals surface area (Å²) >= 11 is 0. The molecule has 0 heterocycles. The fourth-order valence-corrected chi connectivity index (χ4v) is 2.43. The molecule has 0 rings (SSSR count). The van der Waals surface area contributed by atoms with E-state index in [1.165, 1.54) is 0 Å². The van der Waals surface area contributed by atoms with E-state index in [0.717, 1.165) is 44.9 Å². The van der Waals surface area contributed by atoms with E-state index in [1.807, 2.05) is 41.5 Å². The molecule has 0 radical (unpaired) electrons. The van der Waals surface area contributed by atoms with Crippen LogP contribution in [0.4, 0.5) is 0 Å². The third-order valence-corrected chi connectivity index (χ3v) is 4.30. The van der Waals surface area contributed by atoms with Gasteiger partial charge in [-0.2, -0.15) is 0 Å². The highest BCUT2D eigenvalue weighted by atomic mass is 16.5. The summed E-state index contributed by atoms with van der Waals surface area (Å²) in [7, 11) is 0. The van der Waals surface area contributed by atoms with Gasteiger partial charge < -0.3 is 9.84 Å². The Balaban J connectivity index is 0. The average molecular weight is 316 g/mol. The van der Waals surface area contributed by atoms with Crippen LogP contribution < -0.4 is 0 Å².